The zero-order valence-corrected chi connectivity index (χ0v) is 17.7. The van der Waals surface area contributed by atoms with Crippen LogP contribution in [0.25, 0.3) is 22.0 Å². The number of allylic oxidation sites excluding steroid dienone is 2. The normalized spacial score (nSPS) is 13.3. The molecule has 5 rings (SSSR count). The van der Waals surface area contributed by atoms with Crippen LogP contribution in [0.2, 0.25) is 0 Å². The molecule has 1 heterocycles. The highest BCUT2D eigenvalue weighted by atomic mass is 16.1. The number of pyridine rings is 1. The lowest BCUT2D eigenvalue weighted by molar-refractivity contribution is 0.0967. The van der Waals surface area contributed by atoms with E-state index in [9.17, 15) is 14.4 Å². The number of H-pyrrole nitrogens is 1. The Labute approximate surface area is 189 Å². The molecule has 6 nitrogen and oxygen atoms in total. The summed E-state index contributed by atoms with van der Waals surface area (Å²) in [6.45, 7) is 0.457. The summed E-state index contributed by atoms with van der Waals surface area (Å²) in [7, 11) is 0. The molecule has 0 bridgehead atoms. The number of nitrogens with two attached hydrogens (primary N) is 1. The van der Waals surface area contributed by atoms with Gasteiger partial charge < -0.3 is 16.0 Å². The third-order valence-electron chi connectivity index (χ3n) is 5.90. The molecule has 0 aliphatic heterocycles. The van der Waals surface area contributed by atoms with Crippen molar-refractivity contribution in [1.29, 1.82) is 0 Å². The zero-order chi connectivity index (χ0) is 22.9. The quantitative estimate of drug-likeness (QED) is 0.444. The maximum Gasteiger partial charge on any atom is 0.248 e. The largest absolute Gasteiger partial charge is 0.394 e. The summed E-state index contributed by atoms with van der Waals surface area (Å²) in [6, 6.07) is 24.0. The van der Waals surface area contributed by atoms with E-state index in [4.69, 9.17) is 5.73 Å². The van der Waals surface area contributed by atoms with Crippen LogP contribution in [-0.4, -0.2) is 23.1 Å². The number of carbonyl (C=O) groups is 2. The Morgan fingerprint density at radius 3 is 2.18 bits per heavy atom. The van der Waals surface area contributed by atoms with Gasteiger partial charge in [0.05, 0.1) is 5.52 Å². The average Bonchev–Trinajstić information content (AvgIpc) is 2.85. The molecule has 0 fully saturated rings. The van der Waals surface area contributed by atoms with Gasteiger partial charge in [0.15, 0.2) is 0 Å². The Morgan fingerprint density at radius 1 is 0.727 bits per heavy atom. The fourth-order valence-corrected chi connectivity index (χ4v) is 4.17. The predicted molar refractivity (Wildman–Crippen MR) is 128 cm³/mol. The first-order valence-electron chi connectivity index (χ1n) is 10.7. The number of benzene rings is 3. The molecule has 6 heteroatoms. The van der Waals surface area contributed by atoms with Crippen LogP contribution in [0, 0.1) is 0 Å². The van der Waals surface area contributed by atoms with Crippen molar-refractivity contribution in [2.45, 2.75) is 6.42 Å². The molecule has 1 aliphatic rings. The van der Waals surface area contributed by atoms with Gasteiger partial charge >= 0.3 is 0 Å². The highest BCUT2D eigenvalue weighted by Crippen LogP contribution is 2.27. The number of nitrogens with one attached hydrogen (secondary N) is 2. The molecule has 0 amide bonds. The molecule has 0 radical (unpaired) electrons. The van der Waals surface area contributed by atoms with E-state index in [-0.39, 0.29) is 28.5 Å². The van der Waals surface area contributed by atoms with Crippen molar-refractivity contribution < 1.29 is 9.59 Å². The second kappa shape index (κ2) is 8.24. The molecule has 0 spiro atoms. The third kappa shape index (κ3) is 3.72. The van der Waals surface area contributed by atoms with Gasteiger partial charge in [0.2, 0.25) is 17.1 Å². The highest BCUT2D eigenvalue weighted by molar-refractivity contribution is 6.26. The van der Waals surface area contributed by atoms with Gasteiger partial charge in [0.25, 0.3) is 0 Å². The molecule has 0 atom stereocenters. The first-order valence-corrected chi connectivity index (χ1v) is 10.7. The first kappa shape index (κ1) is 20.5. The smallest absolute Gasteiger partial charge is 0.248 e. The molecule has 3 aromatic carbocycles. The Morgan fingerprint density at radius 2 is 1.42 bits per heavy atom. The number of carbonyl (C=O) groups excluding carboxylic acids is 2. The van der Waals surface area contributed by atoms with Gasteiger partial charge in [-0.2, -0.15) is 0 Å². The van der Waals surface area contributed by atoms with E-state index in [1.807, 2.05) is 48.5 Å². The van der Waals surface area contributed by atoms with Crippen LogP contribution < -0.4 is 16.6 Å². The summed E-state index contributed by atoms with van der Waals surface area (Å²) in [5.74, 6) is -0.590. The second-order valence-corrected chi connectivity index (χ2v) is 7.96. The number of ketones is 2. The summed E-state index contributed by atoms with van der Waals surface area (Å²) in [5, 5.41) is 4.03. The SMILES string of the molecule is NC1=C(NCCc2ccc(-c3cccc4ccc(=O)[nH]c34)cc2)C(=O)c2ccccc2C1=O. The summed E-state index contributed by atoms with van der Waals surface area (Å²) in [6.07, 6.45) is 0.645. The Balaban J connectivity index is 1.31. The van der Waals surface area contributed by atoms with Crippen molar-refractivity contribution in [2.75, 3.05) is 6.54 Å². The highest BCUT2D eigenvalue weighted by Gasteiger charge is 2.30. The number of hydrogen-bond donors (Lipinski definition) is 3. The van der Waals surface area contributed by atoms with E-state index in [1.54, 1.807) is 24.3 Å². The van der Waals surface area contributed by atoms with Crippen molar-refractivity contribution in [3.63, 3.8) is 0 Å². The van der Waals surface area contributed by atoms with Crippen LogP contribution in [-0.2, 0) is 6.42 Å². The summed E-state index contributed by atoms with van der Waals surface area (Å²) >= 11 is 0. The van der Waals surface area contributed by atoms with Crippen LogP contribution in [0.15, 0.2) is 95.1 Å². The monoisotopic (exact) mass is 435 g/mol. The van der Waals surface area contributed by atoms with Gasteiger partial charge in [-0.25, -0.2) is 0 Å². The standard InChI is InChI=1S/C27H21N3O3/c28-23-25(27(33)21-6-2-1-5-20(21)26(23)32)29-15-14-16-8-10-17(11-9-16)19-7-3-4-18-12-13-22(31)30-24(18)19/h1-13,29H,14-15,28H2,(H,30,31). The maximum absolute atomic E-state index is 12.8. The zero-order valence-electron chi connectivity index (χ0n) is 17.7. The lowest BCUT2D eigenvalue weighted by atomic mass is 9.90. The van der Waals surface area contributed by atoms with Crippen molar-refractivity contribution >= 4 is 22.5 Å². The van der Waals surface area contributed by atoms with Crippen LogP contribution >= 0.6 is 0 Å². The molecular weight excluding hydrogens is 414 g/mol. The number of rotatable bonds is 5. The Hall–Kier alpha value is -4.45. The molecule has 1 aromatic heterocycles. The fourth-order valence-electron chi connectivity index (χ4n) is 4.17. The van der Waals surface area contributed by atoms with E-state index in [1.165, 1.54) is 6.07 Å². The lowest BCUT2D eigenvalue weighted by Gasteiger charge is -2.19. The molecule has 4 N–H and O–H groups in total. The van der Waals surface area contributed by atoms with E-state index in [2.05, 4.69) is 10.3 Å². The van der Waals surface area contributed by atoms with E-state index in [0.29, 0.717) is 24.1 Å². The van der Waals surface area contributed by atoms with Crippen molar-refractivity contribution in [3.8, 4) is 11.1 Å². The second-order valence-electron chi connectivity index (χ2n) is 7.96. The minimum Gasteiger partial charge on any atom is -0.394 e. The number of hydrogen-bond acceptors (Lipinski definition) is 5. The van der Waals surface area contributed by atoms with E-state index in [0.717, 1.165) is 27.6 Å². The Kier molecular flexibility index (Phi) is 5.11. The van der Waals surface area contributed by atoms with Crippen LogP contribution in [0.5, 0.6) is 0 Å². The first-order chi connectivity index (χ1) is 16.0. The molecule has 0 saturated heterocycles. The topological polar surface area (TPSA) is 105 Å². The van der Waals surface area contributed by atoms with Crippen LogP contribution in [0.4, 0.5) is 0 Å². The van der Waals surface area contributed by atoms with Gasteiger partial charge in [-0.15, -0.1) is 0 Å². The van der Waals surface area contributed by atoms with Gasteiger partial charge in [-0.1, -0.05) is 66.7 Å². The number of aromatic nitrogens is 1. The summed E-state index contributed by atoms with van der Waals surface area (Å²) in [4.78, 5) is 40.0. The van der Waals surface area contributed by atoms with E-state index < -0.39 is 0 Å². The number of aromatic amines is 1. The van der Waals surface area contributed by atoms with Crippen molar-refractivity contribution in [2.24, 2.45) is 5.73 Å². The lowest BCUT2D eigenvalue weighted by Crippen LogP contribution is -2.34. The minimum atomic E-state index is -0.329. The molecular formula is C27H21N3O3. The number of para-hydroxylation sites is 1. The third-order valence-corrected chi connectivity index (χ3v) is 5.90. The van der Waals surface area contributed by atoms with Gasteiger partial charge in [0, 0.05) is 29.3 Å². The number of Topliss-reactive ketones (excluding diaryl/α,β-unsaturated/α-hetero) is 2. The molecule has 162 valence electrons. The molecule has 0 unspecified atom stereocenters. The average molecular weight is 435 g/mol. The molecule has 4 aromatic rings. The Bertz CT molecular complexity index is 1500. The van der Waals surface area contributed by atoms with E-state index >= 15 is 0 Å². The van der Waals surface area contributed by atoms with Gasteiger partial charge in [-0.3, -0.25) is 14.4 Å². The van der Waals surface area contributed by atoms with Crippen LogP contribution in [0.1, 0.15) is 26.3 Å². The van der Waals surface area contributed by atoms with Gasteiger partial charge in [0.1, 0.15) is 11.4 Å². The summed E-state index contributed by atoms with van der Waals surface area (Å²) < 4.78 is 0. The molecule has 1 aliphatic carbocycles. The number of fused-ring (bicyclic) bond motifs is 2. The maximum atomic E-state index is 12.8. The fraction of sp³-hybridized carbons (Fsp3) is 0.0741. The van der Waals surface area contributed by atoms with Gasteiger partial charge in [-0.05, 0) is 29.0 Å². The van der Waals surface area contributed by atoms with Crippen LogP contribution in [0.3, 0.4) is 0 Å². The predicted octanol–water partition coefficient (Wildman–Crippen LogP) is 3.58. The summed E-state index contributed by atoms with van der Waals surface area (Å²) in [5.41, 5.74) is 10.5. The van der Waals surface area contributed by atoms with Crippen molar-refractivity contribution in [3.05, 3.63) is 117 Å². The molecule has 0 saturated carbocycles. The molecule has 33 heavy (non-hydrogen) atoms. The minimum absolute atomic E-state index is 0.0426. The van der Waals surface area contributed by atoms with Crippen molar-refractivity contribution in [1.82, 2.24) is 10.3 Å².